The predicted molar refractivity (Wildman–Crippen MR) is 63.4 cm³/mol. The highest BCUT2D eigenvalue weighted by Gasteiger charge is 2.34. The van der Waals surface area contributed by atoms with E-state index in [1.165, 1.54) is 12.3 Å². The average Bonchev–Trinajstić information content (AvgIpc) is 2.37. The number of pyridine rings is 1. The van der Waals surface area contributed by atoms with Gasteiger partial charge < -0.3 is 10.6 Å². The van der Waals surface area contributed by atoms with Crippen molar-refractivity contribution in [3.8, 4) is 0 Å². The summed E-state index contributed by atoms with van der Waals surface area (Å²) in [6.07, 6.45) is 0.241. The van der Waals surface area contributed by atoms with Crippen LogP contribution in [0.2, 0.25) is 0 Å². The number of rotatable bonds is 3. The van der Waals surface area contributed by atoms with Crippen molar-refractivity contribution in [1.82, 2.24) is 10.3 Å². The van der Waals surface area contributed by atoms with Gasteiger partial charge in [0.25, 0.3) is 0 Å². The summed E-state index contributed by atoms with van der Waals surface area (Å²) in [5.74, 6) is -0.0858. The van der Waals surface area contributed by atoms with Crippen molar-refractivity contribution in [3.05, 3.63) is 23.9 Å². The lowest BCUT2D eigenvalue weighted by atomic mass is 10.1. The van der Waals surface area contributed by atoms with Crippen LogP contribution in [-0.4, -0.2) is 24.1 Å². The van der Waals surface area contributed by atoms with Crippen LogP contribution in [0.4, 0.5) is 19.0 Å². The van der Waals surface area contributed by atoms with Gasteiger partial charge in [0.1, 0.15) is 5.82 Å². The van der Waals surface area contributed by atoms with Crippen molar-refractivity contribution in [2.75, 3.05) is 18.4 Å². The number of anilines is 1. The molecule has 18 heavy (non-hydrogen) atoms. The van der Waals surface area contributed by atoms with Gasteiger partial charge in [-0.25, -0.2) is 4.98 Å². The molecule has 3 nitrogen and oxygen atoms in total. The zero-order valence-electron chi connectivity index (χ0n) is 9.93. The molecule has 0 aliphatic carbocycles. The van der Waals surface area contributed by atoms with Crippen molar-refractivity contribution in [2.45, 2.75) is 31.5 Å². The van der Waals surface area contributed by atoms with Gasteiger partial charge in [-0.1, -0.05) is 6.42 Å². The molecule has 1 aliphatic rings. The van der Waals surface area contributed by atoms with Crippen molar-refractivity contribution in [3.63, 3.8) is 0 Å². The second-order valence-corrected chi connectivity index (χ2v) is 4.43. The van der Waals surface area contributed by atoms with Gasteiger partial charge in [-0.05, 0) is 31.5 Å². The third-order valence-corrected chi connectivity index (χ3v) is 3.04. The molecule has 1 aliphatic heterocycles. The molecule has 1 atom stereocenters. The average molecular weight is 259 g/mol. The van der Waals surface area contributed by atoms with Crippen LogP contribution in [0.1, 0.15) is 24.8 Å². The van der Waals surface area contributed by atoms with E-state index in [0.29, 0.717) is 6.54 Å². The summed E-state index contributed by atoms with van der Waals surface area (Å²) in [5, 5.41) is 6.07. The van der Waals surface area contributed by atoms with E-state index in [1.807, 2.05) is 0 Å². The molecule has 1 aromatic heterocycles. The van der Waals surface area contributed by atoms with Gasteiger partial charge >= 0.3 is 6.18 Å². The second-order valence-electron chi connectivity index (χ2n) is 4.43. The van der Waals surface area contributed by atoms with E-state index in [9.17, 15) is 13.2 Å². The maximum atomic E-state index is 12.7. The molecule has 1 aromatic rings. The standard InChI is InChI=1S/C12H16F3N3/c13-12(14,15)10-5-3-7-17-11(10)18-8-9-4-1-2-6-16-9/h3,5,7,9,16H,1-2,4,6,8H2,(H,17,18). The summed E-state index contributed by atoms with van der Waals surface area (Å²) >= 11 is 0. The molecule has 0 bridgehead atoms. The van der Waals surface area contributed by atoms with E-state index in [0.717, 1.165) is 31.9 Å². The zero-order chi connectivity index (χ0) is 13.0. The Kier molecular flexibility index (Phi) is 4.06. The van der Waals surface area contributed by atoms with Crippen LogP contribution in [0.15, 0.2) is 18.3 Å². The largest absolute Gasteiger partial charge is 0.419 e. The Hall–Kier alpha value is -1.30. The van der Waals surface area contributed by atoms with Gasteiger partial charge in [-0.15, -0.1) is 0 Å². The molecular formula is C12H16F3N3. The molecule has 100 valence electrons. The predicted octanol–water partition coefficient (Wildman–Crippen LogP) is 2.65. The number of halogens is 3. The van der Waals surface area contributed by atoms with Crippen molar-refractivity contribution < 1.29 is 13.2 Å². The Balaban J connectivity index is 2.00. The summed E-state index contributed by atoms with van der Waals surface area (Å²) in [4.78, 5) is 3.77. The molecule has 1 fully saturated rings. The number of nitrogens with one attached hydrogen (secondary N) is 2. The van der Waals surface area contributed by atoms with Crippen LogP contribution in [-0.2, 0) is 6.18 Å². The molecule has 1 saturated heterocycles. The number of nitrogens with zero attached hydrogens (tertiary/aromatic N) is 1. The molecule has 2 N–H and O–H groups in total. The Labute approximate surface area is 104 Å². The summed E-state index contributed by atoms with van der Waals surface area (Å²) in [6.45, 7) is 1.40. The van der Waals surface area contributed by atoms with E-state index >= 15 is 0 Å². The van der Waals surface area contributed by atoms with Gasteiger partial charge in [-0.3, -0.25) is 0 Å². The minimum Gasteiger partial charge on any atom is -0.368 e. The van der Waals surface area contributed by atoms with Crippen LogP contribution in [0.3, 0.4) is 0 Å². The zero-order valence-corrected chi connectivity index (χ0v) is 9.93. The van der Waals surface area contributed by atoms with Crippen LogP contribution >= 0.6 is 0 Å². The highest BCUT2D eigenvalue weighted by Crippen LogP contribution is 2.33. The van der Waals surface area contributed by atoms with E-state index < -0.39 is 11.7 Å². The van der Waals surface area contributed by atoms with Gasteiger partial charge in [0.05, 0.1) is 5.56 Å². The molecular weight excluding hydrogens is 243 g/mol. The van der Waals surface area contributed by atoms with Gasteiger partial charge in [0.15, 0.2) is 0 Å². The first-order valence-corrected chi connectivity index (χ1v) is 6.07. The van der Waals surface area contributed by atoms with E-state index in [2.05, 4.69) is 15.6 Å². The van der Waals surface area contributed by atoms with Crippen molar-refractivity contribution in [2.24, 2.45) is 0 Å². The SMILES string of the molecule is FC(F)(F)c1cccnc1NCC1CCCCN1. The molecule has 0 radical (unpaired) electrons. The quantitative estimate of drug-likeness (QED) is 0.876. The van der Waals surface area contributed by atoms with E-state index in [-0.39, 0.29) is 11.9 Å². The van der Waals surface area contributed by atoms with Gasteiger partial charge in [0.2, 0.25) is 0 Å². The summed E-state index contributed by atoms with van der Waals surface area (Å²) in [6, 6.07) is 2.57. The Morgan fingerprint density at radius 3 is 2.89 bits per heavy atom. The van der Waals surface area contributed by atoms with Crippen molar-refractivity contribution in [1.29, 1.82) is 0 Å². The lowest BCUT2D eigenvalue weighted by molar-refractivity contribution is -0.137. The molecule has 6 heteroatoms. The van der Waals surface area contributed by atoms with E-state index in [1.54, 1.807) is 0 Å². The molecule has 0 spiro atoms. The van der Waals surface area contributed by atoms with Gasteiger partial charge in [0, 0.05) is 18.8 Å². The first kappa shape index (κ1) is 13.1. The lowest BCUT2D eigenvalue weighted by Crippen LogP contribution is -2.39. The minimum atomic E-state index is -4.36. The van der Waals surface area contributed by atoms with Crippen molar-refractivity contribution >= 4 is 5.82 Å². The molecule has 2 heterocycles. The van der Waals surface area contributed by atoms with Crippen LogP contribution in [0, 0.1) is 0 Å². The number of hydrogen-bond donors (Lipinski definition) is 2. The minimum absolute atomic E-state index is 0.0858. The fourth-order valence-corrected chi connectivity index (χ4v) is 2.09. The molecule has 0 amide bonds. The number of piperidine rings is 1. The summed E-state index contributed by atoms with van der Waals surface area (Å²) in [7, 11) is 0. The fraction of sp³-hybridized carbons (Fsp3) is 0.583. The lowest BCUT2D eigenvalue weighted by Gasteiger charge is -2.24. The second kappa shape index (κ2) is 5.56. The maximum Gasteiger partial charge on any atom is 0.419 e. The smallest absolute Gasteiger partial charge is 0.368 e. The fourth-order valence-electron chi connectivity index (χ4n) is 2.09. The first-order valence-electron chi connectivity index (χ1n) is 6.07. The number of hydrogen-bond acceptors (Lipinski definition) is 3. The molecule has 1 unspecified atom stereocenters. The highest BCUT2D eigenvalue weighted by atomic mass is 19.4. The van der Waals surface area contributed by atoms with E-state index in [4.69, 9.17) is 0 Å². The first-order chi connectivity index (χ1) is 8.57. The van der Waals surface area contributed by atoms with Crippen LogP contribution in [0.25, 0.3) is 0 Å². The highest BCUT2D eigenvalue weighted by molar-refractivity contribution is 5.45. The summed E-state index contributed by atoms with van der Waals surface area (Å²) in [5.41, 5.74) is -0.708. The monoisotopic (exact) mass is 259 g/mol. The molecule has 0 aromatic carbocycles. The molecule has 0 saturated carbocycles. The number of alkyl halides is 3. The third-order valence-electron chi connectivity index (χ3n) is 3.04. The Morgan fingerprint density at radius 1 is 1.39 bits per heavy atom. The maximum absolute atomic E-state index is 12.7. The normalized spacial score (nSPS) is 20.7. The summed E-state index contributed by atoms with van der Waals surface area (Å²) < 4.78 is 38.2. The van der Waals surface area contributed by atoms with Gasteiger partial charge in [-0.2, -0.15) is 13.2 Å². The topological polar surface area (TPSA) is 37.0 Å². The number of aromatic nitrogens is 1. The van der Waals surface area contributed by atoms with Crippen LogP contribution in [0.5, 0.6) is 0 Å². The van der Waals surface area contributed by atoms with Crippen LogP contribution < -0.4 is 10.6 Å². The molecule has 2 rings (SSSR count). The third kappa shape index (κ3) is 3.35. The Morgan fingerprint density at radius 2 is 2.22 bits per heavy atom. The Bertz CT molecular complexity index is 386.